The maximum Gasteiger partial charge on any atom is 0.303 e. The van der Waals surface area contributed by atoms with Gasteiger partial charge in [-0.1, -0.05) is 59.3 Å². The van der Waals surface area contributed by atoms with Crippen LogP contribution in [-0.4, -0.2) is 18.4 Å². The molecule has 112 valence electrons. The summed E-state index contributed by atoms with van der Waals surface area (Å²) in [5, 5.41) is 0. The zero-order valence-corrected chi connectivity index (χ0v) is 13.1. The monoisotopic (exact) mass is 270 g/mol. The number of esters is 1. The van der Waals surface area contributed by atoms with E-state index < -0.39 is 0 Å². The zero-order chi connectivity index (χ0) is 14.7. The standard InChI is InChI=1S/C16H30O3/c1-5-7-9-10-12-16(4,11-8-6-2)15(18)13-19-14(3)17/h5-13H2,1-4H3. The Morgan fingerprint density at radius 1 is 0.947 bits per heavy atom. The van der Waals surface area contributed by atoms with Crippen molar-refractivity contribution in [1.82, 2.24) is 0 Å². The van der Waals surface area contributed by atoms with E-state index in [1.165, 1.54) is 26.2 Å². The molecule has 0 fully saturated rings. The molecule has 19 heavy (non-hydrogen) atoms. The van der Waals surface area contributed by atoms with Crippen molar-refractivity contribution in [2.75, 3.05) is 6.61 Å². The highest BCUT2D eigenvalue weighted by molar-refractivity contribution is 5.87. The molecule has 0 saturated heterocycles. The lowest BCUT2D eigenvalue weighted by molar-refractivity contribution is -0.149. The molecule has 0 rings (SSSR count). The molecule has 0 radical (unpaired) electrons. The van der Waals surface area contributed by atoms with Gasteiger partial charge in [-0.3, -0.25) is 9.59 Å². The van der Waals surface area contributed by atoms with Gasteiger partial charge in [0.25, 0.3) is 0 Å². The van der Waals surface area contributed by atoms with E-state index in [1.807, 2.05) is 6.92 Å². The SMILES string of the molecule is CCCCCCC(C)(CCCC)C(=O)COC(C)=O. The largest absolute Gasteiger partial charge is 0.458 e. The summed E-state index contributed by atoms with van der Waals surface area (Å²) < 4.78 is 4.87. The summed E-state index contributed by atoms with van der Waals surface area (Å²) >= 11 is 0. The van der Waals surface area contributed by atoms with Gasteiger partial charge in [-0.25, -0.2) is 0 Å². The Morgan fingerprint density at radius 2 is 1.53 bits per heavy atom. The molecule has 1 unspecified atom stereocenters. The lowest BCUT2D eigenvalue weighted by Gasteiger charge is -2.28. The molecule has 0 aromatic rings. The third-order valence-electron chi connectivity index (χ3n) is 3.74. The molecule has 0 aliphatic heterocycles. The van der Waals surface area contributed by atoms with Crippen molar-refractivity contribution < 1.29 is 14.3 Å². The van der Waals surface area contributed by atoms with Crippen LogP contribution in [-0.2, 0) is 14.3 Å². The molecule has 0 saturated carbocycles. The van der Waals surface area contributed by atoms with Gasteiger partial charge in [0, 0.05) is 12.3 Å². The summed E-state index contributed by atoms with van der Waals surface area (Å²) in [6.07, 6.45) is 8.64. The van der Waals surface area contributed by atoms with Crippen LogP contribution in [0.1, 0.15) is 79.1 Å². The minimum Gasteiger partial charge on any atom is -0.458 e. The highest BCUT2D eigenvalue weighted by atomic mass is 16.5. The van der Waals surface area contributed by atoms with Crippen molar-refractivity contribution in [3.63, 3.8) is 0 Å². The molecule has 0 aliphatic carbocycles. The number of Topliss-reactive ketones (excluding diaryl/α,β-unsaturated/α-hetero) is 1. The molecule has 0 N–H and O–H groups in total. The number of carbonyl (C=O) groups excluding carboxylic acids is 2. The molecule has 3 heteroatoms. The minimum atomic E-state index is -0.378. The fraction of sp³-hybridized carbons (Fsp3) is 0.875. The van der Waals surface area contributed by atoms with E-state index in [2.05, 4.69) is 13.8 Å². The van der Waals surface area contributed by atoms with Crippen LogP contribution in [0.3, 0.4) is 0 Å². The Bertz CT molecular complexity index is 273. The van der Waals surface area contributed by atoms with Gasteiger partial charge >= 0.3 is 5.97 Å². The Balaban J connectivity index is 4.38. The van der Waals surface area contributed by atoms with E-state index in [0.29, 0.717) is 0 Å². The molecule has 0 heterocycles. The zero-order valence-electron chi connectivity index (χ0n) is 13.1. The first-order valence-corrected chi connectivity index (χ1v) is 7.63. The molecule has 0 bridgehead atoms. The van der Waals surface area contributed by atoms with Crippen molar-refractivity contribution in [1.29, 1.82) is 0 Å². The van der Waals surface area contributed by atoms with Crippen LogP contribution in [0.5, 0.6) is 0 Å². The Hall–Kier alpha value is -0.860. The topological polar surface area (TPSA) is 43.4 Å². The van der Waals surface area contributed by atoms with Crippen molar-refractivity contribution in [2.24, 2.45) is 5.41 Å². The third-order valence-corrected chi connectivity index (χ3v) is 3.74. The molecule has 3 nitrogen and oxygen atoms in total. The van der Waals surface area contributed by atoms with E-state index in [4.69, 9.17) is 4.74 Å². The Morgan fingerprint density at radius 3 is 2.05 bits per heavy atom. The molecule has 0 aromatic heterocycles. The number of hydrogen-bond acceptors (Lipinski definition) is 3. The van der Waals surface area contributed by atoms with Gasteiger partial charge in [0.05, 0.1) is 0 Å². The van der Waals surface area contributed by atoms with Crippen LogP contribution in [0.25, 0.3) is 0 Å². The summed E-state index contributed by atoms with van der Waals surface area (Å²) in [6.45, 7) is 7.62. The van der Waals surface area contributed by atoms with Gasteiger partial charge in [0.15, 0.2) is 12.4 Å². The first-order valence-electron chi connectivity index (χ1n) is 7.63. The van der Waals surface area contributed by atoms with Gasteiger partial charge < -0.3 is 4.74 Å². The summed E-state index contributed by atoms with van der Waals surface area (Å²) in [5.74, 6) is -0.301. The van der Waals surface area contributed by atoms with E-state index in [1.54, 1.807) is 0 Å². The lowest BCUT2D eigenvalue weighted by Crippen LogP contribution is -2.32. The average molecular weight is 270 g/mol. The summed E-state index contributed by atoms with van der Waals surface area (Å²) in [5.41, 5.74) is -0.320. The van der Waals surface area contributed by atoms with Crippen molar-refractivity contribution in [3.8, 4) is 0 Å². The molecule has 0 aliphatic rings. The van der Waals surface area contributed by atoms with Crippen LogP contribution < -0.4 is 0 Å². The Kier molecular flexibility index (Phi) is 9.54. The fourth-order valence-electron chi connectivity index (χ4n) is 2.25. The number of ketones is 1. The highest BCUT2D eigenvalue weighted by Gasteiger charge is 2.32. The molecule has 0 amide bonds. The molecule has 1 atom stereocenters. The maximum absolute atomic E-state index is 12.3. The number of unbranched alkanes of at least 4 members (excludes halogenated alkanes) is 4. The molecular weight excluding hydrogens is 240 g/mol. The van der Waals surface area contributed by atoms with E-state index >= 15 is 0 Å². The van der Waals surface area contributed by atoms with Gasteiger partial charge in [0.1, 0.15) is 0 Å². The van der Waals surface area contributed by atoms with Crippen LogP contribution >= 0.6 is 0 Å². The van der Waals surface area contributed by atoms with Crippen LogP contribution in [0, 0.1) is 5.41 Å². The summed E-state index contributed by atoms with van der Waals surface area (Å²) in [6, 6.07) is 0. The smallest absolute Gasteiger partial charge is 0.303 e. The van der Waals surface area contributed by atoms with Crippen molar-refractivity contribution in [2.45, 2.75) is 79.1 Å². The van der Waals surface area contributed by atoms with Gasteiger partial charge in [0.2, 0.25) is 0 Å². The summed E-state index contributed by atoms with van der Waals surface area (Å²) in [7, 11) is 0. The fourth-order valence-corrected chi connectivity index (χ4v) is 2.25. The van der Waals surface area contributed by atoms with Crippen molar-refractivity contribution >= 4 is 11.8 Å². The number of rotatable bonds is 11. The predicted molar refractivity (Wildman–Crippen MR) is 78.0 cm³/mol. The minimum absolute atomic E-state index is 0.0661. The second kappa shape index (κ2) is 9.99. The quantitative estimate of drug-likeness (QED) is 0.415. The molecule has 0 spiro atoms. The maximum atomic E-state index is 12.3. The normalized spacial score (nSPS) is 13.9. The van der Waals surface area contributed by atoms with E-state index in [-0.39, 0.29) is 23.8 Å². The third kappa shape index (κ3) is 8.02. The summed E-state index contributed by atoms with van der Waals surface area (Å²) in [4.78, 5) is 23.1. The van der Waals surface area contributed by atoms with Crippen LogP contribution in [0.4, 0.5) is 0 Å². The number of hydrogen-bond donors (Lipinski definition) is 0. The first kappa shape index (κ1) is 18.1. The van der Waals surface area contributed by atoms with Gasteiger partial charge in [-0.2, -0.15) is 0 Å². The van der Waals surface area contributed by atoms with E-state index in [9.17, 15) is 9.59 Å². The number of ether oxygens (including phenoxy) is 1. The highest BCUT2D eigenvalue weighted by Crippen LogP contribution is 2.32. The van der Waals surface area contributed by atoms with Crippen LogP contribution in [0.15, 0.2) is 0 Å². The van der Waals surface area contributed by atoms with Gasteiger partial charge in [-0.15, -0.1) is 0 Å². The Labute approximate surface area is 118 Å². The predicted octanol–water partition coefficient (Wildman–Crippen LogP) is 4.29. The van der Waals surface area contributed by atoms with Crippen molar-refractivity contribution in [3.05, 3.63) is 0 Å². The van der Waals surface area contributed by atoms with E-state index in [0.717, 1.165) is 32.1 Å². The molecule has 0 aromatic carbocycles. The number of carbonyl (C=O) groups is 2. The average Bonchev–Trinajstić information content (AvgIpc) is 2.38. The van der Waals surface area contributed by atoms with Crippen LogP contribution in [0.2, 0.25) is 0 Å². The lowest BCUT2D eigenvalue weighted by atomic mass is 9.76. The second-order valence-electron chi connectivity index (χ2n) is 5.68. The first-order chi connectivity index (χ1) is 8.96. The molecular formula is C16H30O3. The van der Waals surface area contributed by atoms with Gasteiger partial charge in [-0.05, 0) is 12.8 Å². The second-order valence-corrected chi connectivity index (χ2v) is 5.68.